The van der Waals surface area contributed by atoms with Gasteiger partial charge in [-0.2, -0.15) is 0 Å². The summed E-state index contributed by atoms with van der Waals surface area (Å²) in [5, 5.41) is 9.90. The molecule has 1 rings (SSSR count). The van der Waals surface area contributed by atoms with Crippen LogP contribution in [0, 0.1) is 0 Å². The van der Waals surface area contributed by atoms with E-state index in [2.05, 4.69) is 4.42 Å². The van der Waals surface area contributed by atoms with Crippen molar-refractivity contribution in [2.75, 3.05) is 0 Å². The molecule has 0 amide bonds. The molecule has 0 saturated carbocycles. The number of rotatable bonds is 1. The molecule has 1 aromatic rings. The van der Waals surface area contributed by atoms with Crippen molar-refractivity contribution in [1.29, 1.82) is 0 Å². The summed E-state index contributed by atoms with van der Waals surface area (Å²) in [5.41, 5.74) is 0. The van der Waals surface area contributed by atoms with Crippen LogP contribution >= 0.6 is 0 Å². The van der Waals surface area contributed by atoms with Crippen LogP contribution in [0.1, 0.15) is 5.76 Å². The topological polar surface area (TPSA) is 33.0 Å². The third-order valence-corrected chi connectivity index (χ3v) is 0.722. The van der Waals surface area contributed by atoms with E-state index in [1.807, 2.05) is 0 Å². The lowest BCUT2D eigenvalue weighted by Gasteiger charge is -1.76. The summed E-state index contributed by atoms with van der Waals surface area (Å²) in [5.74, 6) is 0.500. The summed E-state index contributed by atoms with van der Waals surface area (Å²) in [6.45, 7) is -0.257. The SMILES string of the molecule is [O]Cc1ccco1. The number of furan rings is 1. The minimum Gasteiger partial charge on any atom is -0.467 e. The Morgan fingerprint density at radius 2 is 2.57 bits per heavy atom. The molecule has 0 spiro atoms. The minimum atomic E-state index is -0.257. The zero-order chi connectivity index (χ0) is 5.11. The lowest BCUT2D eigenvalue weighted by molar-refractivity contribution is 0.155. The van der Waals surface area contributed by atoms with Gasteiger partial charge >= 0.3 is 0 Å². The molecular weight excluding hydrogens is 92.1 g/mol. The lowest BCUT2D eigenvalue weighted by Crippen LogP contribution is -1.69. The summed E-state index contributed by atoms with van der Waals surface area (Å²) in [6, 6.07) is 3.36. The number of hydrogen-bond acceptors (Lipinski definition) is 1. The molecule has 0 fully saturated rings. The maximum absolute atomic E-state index is 9.90. The van der Waals surface area contributed by atoms with E-state index in [1.165, 1.54) is 6.26 Å². The van der Waals surface area contributed by atoms with Gasteiger partial charge in [-0.25, -0.2) is 5.11 Å². The van der Waals surface area contributed by atoms with E-state index in [1.54, 1.807) is 12.1 Å². The molecule has 1 heterocycles. The molecule has 0 aliphatic rings. The third kappa shape index (κ3) is 0.810. The molecule has 0 N–H and O–H groups in total. The molecule has 0 aliphatic carbocycles. The normalized spacial score (nSPS) is 9.29. The highest BCUT2D eigenvalue weighted by Gasteiger charge is 1.87. The first-order valence-corrected chi connectivity index (χ1v) is 2.04. The van der Waals surface area contributed by atoms with E-state index < -0.39 is 0 Å². The van der Waals surface area contributed by atoms with Crippen LogP contribution in [-0.2, 0) is 11.7 Å². The van der Waals surface area contributed by atoms with Crippen molar-refractivity contribution >= 4 is 0 Å². The van der Waals surface area contributed by atoms with Crippen molar-refractivity contribution in [3.63, 3.8) is 0 Å². The Balaban J connectivity index is 2.76. The van der Waals surface area contributed by atoms with E-state index in [4.69, 9.17) is 0 Å². The Labute approximate surface area is 41.4 Å². The molecular formula is C5H5O2. The molecule has 0 saturated heterocycles. The Kier molecular flexibility index (Phi) is 1.13. The Hall–Kier alpha value is -0.760. The predicted molar refractivity (Wildman–Crippen MR) is 23.1 cm³/mol. The van der Waals surface area contributed by atoms with Crippen LogP contribution in [0.3, 0.4) is 0 Å². The molecule has 7 heavy (non-hydrogen) atoms. The van der Waals surface area contributed by atoms with Gasteiger partial charge in [0.05, 0.1) is 6.26 Å². The van der Waals surface area contributed by atoms with Crippen molar-refractivity contribution in [2.24, 2.45) is 0 Å². The Bertz CT molecular complexity index is 121. The molecule has 37 valence electrons. The van der Waals surface area contributed by atoms with Crippen LogP contribution in [0.2, 0.25) is 0 Å². The smallest absolute Gasteiger partial charge is 0.140 e. The fourth-order valence-electron chi connectivity index (χ4n) is 0.395. The van der Waals surface area contributed by atoms with Gasteiger partial charge in [-0.15, -0.1) is 0 Å². The van der Waals surface area contributed by atoms with Gasteiger partial charge in [-0.3, -0.25) is 0 Å². The Morgan fingerprint density at radius 3 is 2.86 bits per heavy atom. The third-order valence-electron chi connectivity index (χ3n) is 0.722. The molecule has 2 heteroatoms. The van der Waals surface area contributed by atoms with E-state index in [0.29, 0.717) is 5.76 Å². The molecule has 0 aromatic carbocycles. The van der Waals surface area contributed by atoms with Crippen molar-refractivity contribution in [3.8, 4) is 0 Å². The van der Waals surface area contributed by atoms with Gasteiger partial charge in [0, 0.05) is 0 Å². The summed E-state index contributed by atoms with van der Waals surface area (Å²) < 4.78 is 4.67. The van der Waals surface area contributed by atoms with Crippen molar-refractivity contribution < 1.29 is 9.52 Å². The fourth-order valence-corrected chi connectivity index (χ4v) is 0.395. The zero-order valence-electron chi connectivity index (χ0n) is 3.76. The van der Waals surface area contributed by atoms with E-state index >= 15 is 0 Å². The van der Waals surface area contributed by atoms with Gasteiger partial charge in [0.1, 0.15) is 12.4 Å². The fraction of sp³-hybridized carbons (Fsp3) is 0.200. The first-order valence-electron chi connectivity index (χ1n) is 2.04. The number of hydrogen-bond donors (Lipinski definition) is 0. The molecule has 1 aromatic heterocycles. The monoisotopic (exact) mass is 97.0 g/mol. The highest BCUT2D eigenvalue weighted by molar-refractivity contribution is 4.95. The van der Waals surface area contributed by atoms with Crippen LogP contribution in [0.15, 0.2) is 22.8 Å². The second-order valence-corrected chi connectivity index (χ2v) is 1.22. The molecule has 0 atom stereocenters. The second-order valence-electron chi connectivity index (χ2n) is 1.22. The maximum atomic E-state index is 9.90. The van der Waals surface area contributed by atoms with Crippen molar-refractivity contribution in [3.05, 3.63) is 24.2 Å². The highest BCUT2D eigenvalue weighted by Crippen LogP contribution is 1.97. The first-order chi connectivity index (χ1) is 3.43. The standard InChI is InChI=1S/C5H5O2/c6-4-5-2-1-3-7-5/h1-3H,4H2. The van der Waals surface area contributed by atoms with Gasteiger partial charge in [-0.05, 0) is 12.1 Å². The average Bonchev–Trinajstić information content (AvgIpc) is 2.14. The van der Waals surface area contributed by atoms with Gasteiger partial charge in [0.15, 0.2) is 0 Å². The van der Waals surface area contributed by atoms with E-state index in [-0.39, 0.29) is 6.61 Å². The molecule has 0 bridgehead atoms. The van der Waals surface area contributed by atoms with Crippen LogP contribution in [-0.4, -0.2) is 0 Å². The largest absolute Gasteiger partial charge is 0.467 e. The molecule has 0 unspecified atom stereocenters. The maximum Gasteiger partial charge on any atom is 0.140 e. The van der Waals surface area contributed by atoms with Crippen LogP contribution in [0.5, 0.6) is 0 Å². The lowest BCUT2D eigenvalue weighted by atomic mass is 10.5. The quantitative estimate of drug-likeness (QED) is 0.518. The summed E-state index contributed by atoms with van der Waals surface area (Å²) in [4.78, 5) is 0. The van der Waals surface area contributed by atoms with Crippen LogP contribution < -0.4 is 0 Å². The minimum absolute atomic E-state index is 0.257. The van der Waals surface area contributed by atoms with E-state index in [9.17, 15) is 5.11 Å². The van der Waals surface area contributed by atoms with E-state index in [0.717, 1.165) is 0 Å². The van der Waals surface area contributed by atoms with Gasteiger partial charge in [-0.1, -0.05) is 0 Å². The summed E-state index contributed by atoms with van der Waals surface area (Å²) >= 11 is 0. The predicted octanol–water partition coefficient (Wildman–Crippen LogP) is 1.21. The Morgan fingerprint density at radius 1 is 1.71 bits per heavy atom. The molecule has 0 aliphatic heterocycles. The van der Waals surface area contributed by atoms with Gasteiger partial charge in [0.25, 0.3) is 0 Å². The highest BCUT2D eigenvalue weighted by atomic mass is 16.4. The van der Waals surface area contributed by atoms with Crippen LogP contribution in [0.4, 0.5) is 0 Å². The summed E-state index contributed by atoms with van der Waals surface area (Å²) in [6.07, 6.45) is 1.49. The van der Waals surface area contributed by atoms with Crippen molar-refractivity contribution in [2.45, 2.75) is 6.61 Å². The average molecular weight is 97.1 g/mol. The van der Waals surface area contributed by atoms with Crippen molar-refractivity contribution in [1.82, 2.24) is 0 Å². The molecule has 1 radical (unpaired) electrons. The molecule has 2 nitrogen and oxygen atoms in total. The first kappa shape index (κ1) is 4.40. The van der Waals surface area contributed by atoms with Gasteiger partial charge < -0.3 is 4.42 Å². The second kappa shape index (κ2) is 1.80. The van der Waals surface area contributed by atoms with Crippen LogP contribution in [0.25, 0.3) is 0 Å². The summed E-state index contributed by atoms with van der Waals surface area (Å²) in [7, 11) is 0. The van der Waals surface area contributed by atoms with Gasteiger partial charge in [0.2, 0.25) is 0 Å². The zero-order valence-corrected chi connectivity index (χ0v) is 3.76.